The molecule has 0 aromatic heterocycles. The van der Waals surface area contributed by atoms with Crippen molar-refractivity contribution in [1.29, 1.82) is 0 Å². The van der Waals surface area contributed by atoms with Crippen LogP contribution >= 0.6 is 0 Å². The molecule has 0 bridgehead atoms. The van der Waals surface area contributed by atoms with Crippen LogP contribution in [0.25, 0.3) is 0 Å². The molecule has 21 heavy (non-hydrogen) atoms. The van der Waals surface area contributed by atoms with E-state index in [9.17, 15) is 13.6 Å². The number of halogens is 2. The zero-order valence-corrected chi connectivity index (χ0v) is 12.0. The third kappa shape index (κ3) is 3.50. The molecule has 0 radical (unpaired) electrons. The molecule has 0 saturated carbocycles. The van der Waals surface area contributed by atoms with E-state index in [1.807, 2.05) is 30.3 Å². The first-order valence-corrected chi connectivity index (χ1v) is 6.98. The molecule has 1 aromatic rings. The van der Waals surface area contributed by atoms with Gasteiger partial charge >= 0.3 is 6.09 Å². The van der Waals surface area contributed by atoms with Gasteiger partial charge in [0.2, 0.25) is 0 Å². The highest BCUT2D eigenvalue weighted by Crippen LogP contribution is 2.37. The summed E-state index contributed by atoms with van der Waals surface area (Å²) >= 11 is 0. The van der Waals surface area contributed by atoms with Gasteiger partial charge in [-0.1, -0.05) is 37.3 Å². The predicted octanol–water partition coefficient (Wildman–Crippen LogP) is 2.49. The van der Waals surface area contributed by atoms with Crippen molar-refractivity contribution in [1.82, 2.24) is 4.90 Å². The zero-order valence-electron chi connectivity index (χ0n) is 12.0. The molecular formula is C15H20F2N2O2. The summed E-state index contributed by atoms with van der Waals surface area (Å²) in [6.45, 7) is 1.33. The summed E-state index contributed by atoms with van der Waals surface area (Å²) in [5.41, 5.74) is 6.27. The van der Waals surface area contributed by atoms with Crippen LogP contribution in [0.15, 0.2) is 30.3 Å². The van der Waals surface area contributed by atoms with Gasteiger partial charge in [0.15, 0.2) is 0 Å². The summed E-state index contributed by atoms with van der Waals surface area (Å²) in [5, 5.41) is 0. The molecular weight excluding hydrogens is 278 g/mol. The van der Waals surface area contributed by atoms with Gasteiger partial charge in [-0.25, -0.2) is 13.6 Å². The van der Waals surface area contributed by atoms with Crippen LogP contribution in [-0.4, -0.2) is 36.5 Å². The molecule has 2 rings (SSSR count). The lowest BCUT2D eigenvalue weighted by Crippen LogP contribution is -2.56. The van der Waals surface area contributed by atoms with Crippen molar-refractivity contribution in [3.63, 3.8) is 0 Å². The minimum absolute atomic E-state index is 0.0167. The van der Waals surface area contributed by atoms with E-state index in [1.54, 1.807) is 0 Å². The number of amides is 1. The SMILES string of the molecule is C[C@H]1CN(C(=O)OCc2ccccc2)C[C@@H](CN)C1(F)F. The number of hydrogen-bond acceptors (Lipinski definition) is 3. The van der Waals surface area contributed by atoms with Gasteiger partial charge in [0.1, 0.15) is 6.61 Å². The second-order valence-corrected chi connectivity index (χ2v) is 5.45. The first-order valence-electron chi connectivity index (χ1n) is 6.98. The molecule has 2 N–H and O–H groups in total. The summed E-state index contributed by atoms with van der Waals surface area (Å²) in [6.07, 6.45) is -0.570. The summed E-state index contributed by atoms with van der Waals surface area (Å²) in [6, 6.07) is 9.23. The molecule has 0 spiro atoms. The number of alkyl halides is 2. The Balaban J connectivity index is 1.94. The Hall–Kier alpha value is -1.69. The van der Waals surface area contributed by atoms with Crippen LogP contribution in [0.3, 0.4) is 0 Å². The maximum absolute atomic E-state index is 13.9. The minimum atomic E-state index is -2.84. The molecule has 4 nitrogen and oxygen atoms in total. The van der Waals surface area contributed by atoms with Crippen molar-refractivity contribution in [2.45, 2.75) is 19.5 Å². The maximum atomic E-state index is 13.9. The Bertz CT molecular complexity index is 482. The summed E-state index contributed by atoms with van der Waals surface area (Å²) < 4.78 is 33.0. The van der Waals surface area contributed by atoms with Crippen LogP contribution in [0.1, 0.15) is 12.5 Å². The minimum Gasteiger partial charge on any atom is -0.445 e. The predicted molar refractivity (Wildman–Crippen MR) is 74.9 cm³/mol. The van der Waals surface area contributed by atoms with E-state index in [4.69, 9.17) is 10.5 Å². The fourth-order valence-corrected chi connectivity index (χ4v) is 2.51. The van der Waals surface area contributed by atoms with Gasteiger partial charge in [-0.05, 0) is 5.56 Å². The van der Waals surface area contributed by atoms with Crippen molar-refractivity contribution in [2.24, 2.45) is 17.6 Å². The molecule has 1 aliphatic rings. The van der Waals surface area contributed by atoms with E-state index in [1.165, 1.54) is 11.8 Å². The molecule has 1 fully saturated rings. The maximum Gasteiger partial charge on any atom is 0.410 e. The number of carbonyl (C=O) groups excluding carboxylic acids is 1. The Morgan fingerprint density at radius 2 is 2.05 bits per heavy atom. The van der Waals surface area contributed by atoms with Crippen LogP contribution in [-0.2, 0) is 11.3 Å². The number of ether oxygens (including phenoxy) is 1. The fourth-order valence-electron chi connectivity index (χ4n) is 2.51. The zero-order chi connectivity index (χ0) is 15.5. The Morgan fingerprint density at radius 1 is 1.38 bits per heavy atom. The van der Waals surface area contributed by atoms with Crippen LogP contribution in [0.5, 0.6) is 0 Å². The fraction of sp³-hybridized carbons (Fsp3) is 0.533. The molecule has 1 aromatic carbocycles. The third-order valence-electron chi connectivity index (χ3n) is 3.88. The van der Waals surface area contributed by atoms with Crippen LogP contribution in [0.4, 0.5) is 13.6 Å². The van der Waals surface area contributed by atoms with Crippen LogP contribution < -0.4 is 5.73 Å². The van der Waals surface area contributed by atoms with Gasteiger partial charge in [0, 0.05) is 25.6 Å². The van der Waals surface area contributed by atoms with E-state index in [2.05, 4.69) is 0 Å². The molecule has 6 heteroatoms. The molecule has 116 valence electrons. The number of hydrogen-bond donors (Lipinski definition) is 1. The molecule has 2 atom stereocenters. The first kappa shape index (κ1) is 15.7. The van der Waals surface area contributed by atoms with Crippen molar-refractivity contribution in [3.05, 3.63) is 35.9 Å². The summed E-state index contributed by atoms with van der Waals surface area (Å²) in [7, 11) is 0. The lowest BCUT2D eigenvalue weighted by molar-refractivity contribution is -0.137. The van der Waals surface area contributed by atoms with E-state index in [0.717, 1.165) is 5.56 Å². The Kier molecular flexibility index (Phi) is 4.77. The highest BCUT2D eigenvalue weighted by molar-refractivity contribution is 5.67. The largest absolute Gasteiger partial charge is 0.445 e. The van der Waals surface area contributed by atoms with E-state index in [0.29, 0.717) is 0 Å². The average molecular weight is 298 g/mol. The van der Waals surface area contributed by atoms with E-state index in [-0.39, 0.29) is 26.2 Å². The highest BCUT2D eigenvalue weighted by Gasteiger charge is 2.49. The number of benzene rings is 1. The van der Waals surface area contributed by atoms with E-state index < -0.39 is 23.9 Å². The number of rotatable bonds is 3. The van der Waals surface area contributed by atoms with Crippen molar-refractivity contribution in [2.75, 3.05) is 19.6 Å². The quantitative estimate of drug-likeness (QED) is 0.932. The van der Waals surface area contributed by atoms with Crippen molar-refractivity contribution >= 4 is 6.09 Å². The smallest absolute Gasteiger partial charge is 0.410 e. The summed E-state index contributed by atoms with van der Waals surface area (Å²) in [4.78, 5) is 13.3. The van der Waals surface area contributed by atoms with Crippen LogP contribution in [0.2, 0.25) is 0 Å². The number of nitrogens with two attached hydrogens (primary N) is 1. The number of carbonyl (C=O) groups is 1. The lowest BCUT2D eigenvalue weighted by atomic mass is 9.86. The van der Waals surface area contributed by atoms with Crippen molar-refractivity contribution in [3.8, 4) is 0 Å². The van der Waals surface area contributed by atoms with Gasteiger partial charge in [0.25, 0.3) is 5.92 Å². The number of piperidine rings is 1. The Morgan fingerprint density at radius 3 is 2.67 bits per heavy atom. The van der Waals surface area contributed by atoms with Gasteiger partial charge in [0.05, 0.1) is 5.92 Å². The van der Waals surface area contributed by atoms with Gasteiger partial charge in [-0.15, -0.1) is 0 Å². The molecule has 1 aliphatic heterocycles. The highest BCUT2D eigenvalue weighted by atomic mass is 19.3. The first-order chi connectivity index (χ1) is 9.95. The topological polar surface area (TPSA) is 55.6 Å². The van der Waals surface area contributed by atoms with Gasteiger partial charge < -0.3 is 15.4 Å². The molecule has 1 heterocycles. The second kappa shape index (κ2) is 6.39. The second-order valence-electron chi connectivity index (χ2n) is 5.45. The number of nitrogens with zero attached hydrogens (tertiary/aromatic N) is 1. The van der Waals surface area contributed by atoms with E-state index >= 15 is 0 Å². The average Bonchev–Trinajstić information content (AvgIpc) is 2.48. The molecule has 1 saturated heterocycles. The standard InChI is InChI=1S/C15H20F2N2O2/c1-11-8-19(9-13(7-18)15(11,16)17)14(20)21-10-12-5-3-2-4-6-12/h2-6,11,13H,7-10,18H2,1H3/t11-,13+/m0/s1. The normalized spacial score (nSPS) is 24.7. The lowest BCUT2D eigenvalue weighted by Gasteiger charge is -2.41. The monoisotopic (exact) mass is 298 g/mol. The van der Waals surface area contributed by atoms with Crippen LogP contribution in [0, 0.1) is 11.8 Å². The number of likely N-dealkylation sites (tertiary alicyclic amines) is 1. The molecule has 1 amide bonds. The third-order valence-corrected chi connectivity index (χ3v) is 3.88. The molecule has 0 unspecified atom stereocenters. The summed E-state index contributed by atoms with van der Waals surface area (Å²) in [5.74, 6) is -4.79. The molecule has 0 aliphatic carbocycles. The van der Waals surface area contributed by atoms with Gasteiger partial charge in [-0.3, -0.25) is 0 Å². The Labute approximate surface area is 122 Å². The van der Waals surface area contributed by atoms with Gasteiger partial charge in [-0.2, -0.15) is 0 Å². The van der Waals surface area contributed by atoms with Crippen molar-refractivity contribution < 1.29 is 18.3 Å².